The number of nitrogens with one attached hydrogen (secondary N) is 2. The SMILES string of the molecule is CNCCOB(c1ccc(F)c(F)c1)C(OC(B(OCCNC)c1ccc(F)c(F)c1)c1ccccc1)c1ccccc1. The summed E-state index contributed by atoms with van der Waals surface area (Å²) in [4.78, 5) is 0. The lowest BCUT2D eigenvalue weighted by atomic mass is 9.51. The van der Waals surface area contributed by atoms with Gasteiger partial charge in [-0.15, -0.1) is 0 Å². The van der Waals surface area contributed by atoms with Gasteiger partial charge in [-0.05, 0) is 60.4 Å². The van der Waals surface area contributed by atoms with E-state index in [2.05, 4.69) is 10.6 Å². The lowest BCUT2D eigenvalue weighted by Gasteiger charge is -2.33. The molecule has 2 unspecified atom stereocenters. The zero-order chi connectivity index (χ0) is 30.6. The van der Waals surface area contributed by atoms with Crippen LogP contribution >= 0.6 is 0 Å². The predicted molar refractivity (Wildman–Crippen MR) is 163 cm³/mol. The summed E-state index contributed by atoms with van der Waals surface area (Å²) in [6.45, 7) is -0.273. The van der Waals surface area contributed by atoms with Crippen molar-refractivity contribution in [3.05, 3.63) is 131 Å². The van der Waals surface area contributed by atoms with E-state index in [0.717, 1.165) is 24.3 Å². The van der Waals surface area contributed by atoms with E-state index >= 15 is 0 Å². The first-order valence-electron chi connectivity index (χ1n) is 14.1. The molecular formula is C32H34B2F4N2O3. The summed E-state index contributed by atoms with van der Waals surface area (Å²) >= 11 is 0. The normalized spacial score (nSPS) is 12.6. The van der Waals surface area contributed by atoms with Crippen molar-refractivity contribution in [2.75, 3.05) is 40.4 Å². The number of rotatable bonds is 16. The molecule has 0 bridgehead atoms. The summed E-state index contributed by atoms with van der Waals surface area (Å²) < 4.78 is 76.6. The van der Waals surface area contributed by atoms with Crippen LogP contribution < -0.4 is 21.6 Å². The highest BCUT2D eigenvalue weighted by Crippen LogP contribution is 2.32. The Morgan fingerprint density at radius 2 is 0.953 bits per heavy atom. The van der Waals surface area contributed by atoms with Crippen LogP contribution in [0.1, 0.15) is 23.1 Å². The summed E-state index contributed by atoms with van der Waals surface area (Å²) in [5, 5.41) is 6.05. The maximum atomic E-state index is 14.5. The third-order valence-electron chi connectivity index (χ3n) is 6.94. The van der Waals surface area contributed by atoms with Crippen LogP contribution in [0.4, 0.5) is 17.6 Å². The van der Waals surface area contributed by atoms with Crippen molar-refractivity contribution in [3.8, 4) is 0 Å². The fourth-order valence-corrected chi connectivity index (χ4v) is 4.76. The molecule has 0 heterocycles. The number of halogens is 4. The highest BCUT2D eigenvalue weighted by Gasteiger charge is 2.40. The molecule has 4 aromatic rings. The van der Waals surface area contributed by atoms with Gasteiger partial charge in [0, 0.05) is 26.3 Å². The largest absolute Gasteiger partial charge is 0.427 e. The Bertz CT molecular complexity index is 1320. The van der Waals surface area contributed by atoms with Crippen LogP contribution in [0.2, 0.25) is 0 Å². The van der Waals surface area contributed by atoms with E-state index in [4.69, 9.17) is 14.0 Å². The van der Waals surface area contributed by atoms with E-state index in [1.165, 1.54) is 12.1 Å². The fraction of sp³-hybridized carbons (Fsp3) is 0.250. The minimum absolute atomic E-state index is 0.244. The minimum atomic E-state index is -1.01. The first-order chi connectivity index (χ1) is 20.9. The molecule has 0 fully saturated rings. The second-order valence-corrected chi connectivity index (χ2v) is 9.94. The van der Waals surface area contributed by atoms with Gasteiger partial charge in [0.25, 0.3) is 0 Å². The van der Waals surface area contributed by atoms with Crippen molar-refractivity contribution < 1.29 is 31.6 Å². The third-order valence-corrected chi connectivity index (χ3v) is 6.94. The summed E-state index contributed by atoms with van der Waals surface area (Å²) in [6, 6.07) is 24.1. The average Bonchev–Trinajstić information content (AvgIpc) is 3.03. The van der Waals surface area contributed by atoms with Gasteiger partial charge in [-0.25, -0.2) is 17.6 Å². The molecule has 0 radical (unpaired) electrons. The van der Waals surface area contributed by atoms with Crippen molar-refractivity contribution in [2.45, 2.75) is 12.0 Å². The second kappa shape index (κ2) is 16.4. The zero-order valence-corrected chi connectivity index (χ0v) is 24.1. The molecule has 2 N–H and O–H groups in total. The molecule has 43 heavy (non-hydrogen) atoms. The van der Waals surface area contributed by atoms with E-state index < -0.39 is 49.1 Å². The number of hydrogen-bond donors (Lipinski definition) is 2. The first-order valence-corrected chi connectivity index (χ1v) is 14.1. The number of likely N-dealkylation sites (N-methyl/N-ethyl adjacent to an activating group) is 2. The van der Waals surface area contributed by atoms with Crippen molar-refractivity contribution in [3.63, 3.8) is 0 Å². The Kier molecular flexibility index (Phi) is 12.4. The highest BCUT2D eigenvalue weighted by atomic mass is 19.2. The van der Waals surface area contributed by atoms with Crippen molar-refractivity contribution in [1.82, 2.24) is 10.6 Å². The second-order valence-electron chi connectivity index (χ2n) is 9.94. The van der Waals surface area contributed by atoms with Gasteiger partial charge in [0.2, 0.25) is 0 Å². The van der Waals surface area contributed by atoms with Crippen LogP contribution in [0, 0.1) is 23.3 Å². The van der Waals surface area contributed by atoms with Crippen LogP contribution in [-0.4, -0.2) is 54.2 Å². The van der Waals surface area contributed by atoms with Gasteiger partial charge in [-0.3, -0.25) is 0 Å². The third kappa shape index (κ3) is 8.78. The van der Waals surface area contributed by atoms with E-state index in [-0.39, 0.29) is 13.2 Å². The van der Waals surface area contributed by atoms with E-state index in [1.54, 1.807) is 14.1 Å². The first kappa shape index (κ1) is 32.4. The van der Waals surface area contributed by atoms with Crippen LogP contribution in [-0.2, 0) is 14.0 Å². The quantitative estimate of drug-likeness (QED) is 0.115. The van der Waals surface area contributed by atoms with E-state index in [9.17, 15) is 17.6 Å². The Labute approximate surface area is 250 Å². The summed E-state index contributed by atoms with van der Waals surface area (Å²) in [6.07, 6.45) is 0. The lowest BCUT2D eigenvalue weighted by molar-refractivity contribution is 0.0508. The van der Waals surface area contributed by atoms with Crippen LogP contribution in [0.15, 0.2) is 97.1 Å². The topological polar surface area (TPSA) is 51.8 Å². The van der Waals surface area contributed by atoms with Gasteiger partial charge in [0.05, 0.1) is 12.0 Å². The van der Waals surface area contributed by atoms with Crippen molar-refractivity contribution in [1.29, 1.82) is 0 Å². The van der Waals surface area contributed by atoms with Gasteiger partial charge in [0.1, 0.15) is 0 Å². The average molecular weight is 592 g/mol. The molecule has 11 heteroatoms. The molecular weight excluding hydrogens is 558 g/mol. The molecule has 5 nitrogen and oxygen atoms in total. The smallest absolute Gasteiger partial charge is 0.361 e. The predicted octanol–water partition coefficient (Wildman–Crippen LogP) is 4.39. The Morgan fingerprint density at radius 3 is 1.30 bits per heavy atom. The van der Waals surface area contributed by atoms with Crippen LogP contribution in [0.3, 0.4) is 0 Å². The maximum Gasteiger partial charge on any atom is 0.361 e. The molecule has 4 rings (SSSR count). The minimum Gasteiger partial charge on any atom is -0.427 e. The standard InChI is InChI=1S/C32H34B2F4N2O3/c1-39-17-19-41-33(25-13-15-27(35)29(37)21-25)31(23-9-5-3-6-10-23)43-32(24-11-7-4-8-12-24)34(42-20-18-40-2)26-14-16-28(36)30(38)22-26/h3-16,21-22,31-32,39-40H,17-20H2,1-2H3. The molecule has 2 atom stereocenters. The Hall–Kier alpha value is -3.47. The zero-order valence-electron chi connectivity index (χ0n) is 24.1. The van der Waals surface area contributed by atoms with Crippen LogP contribution in [0.25, 0.3) is 0 Å². The maximum absolute atomic E-state index is 14.5. The number of ether oxygens (including phenoxy) is 1. The highest BCUT2D eigenvalue weighted by molar-refractivity contribution is 6.70. The molecule has 0 aromatic heterocycles. The van der Waals surface area contributed by atoms with Crippen molar-refractivity contribution in [2.24, 2.45) is 0 Å². The van der Waals surface area contributed by atoms with Gasteiger partial charge in [-0.1, -0.05) is 72.8 Å². The van der Waals surface area contributed by atoms with Gasteiger partial charge in [-0.2, -0.15) is 0 Å². The van der Waals surface area contributed by atoms with E-state index in [0.29, 0.717) is 35.1 Å². The molecule has 0 aliphatic rings. The molecule has 0 saturated carbocycles. The molecule has 0 amide bonds. The Balaban J connectivity index is 1.86. The molecule has 0 spiro atoms. The summed E-state index contributed by atoms with van der Waals surface area (Å²) in [7, 11) is 3.56. The molecule has 4 aromatic carbocycles. The molecule has 224 valence electrons. The monoisotopic (exact) mass is 592 g/mol. The summed E-state index contributed by atoms with van der Waals surface area (Å²) in [5.41, 5.74) is 2.16. The molecule has 0 saturated heterocycles. The Morgan fingerprint density at radius 1 is 0.558 bits per heavy atom. The number of hydrogen-bond acceptors (Lipinski definition) is 5. The van der Waals surface area contributed by atoms with Gasteiger partial charge >= 0.3 is 13.8 Å². The summed E-state index contributed by atoms with van der Waals surface area (Å²) in [5.74, 6) is -3.98. The number of benzene rings is 4. The fourth-order valence-electron chi connectivity index (χ4n) is 4.76. The van der Waals surface area contributed by atoms with E-state index in [1.807, 2.05) is 60.7 Å². The van der Waals surface area contributed by atoms with Gasteiger partial charge < -0.3 is 24.7 Å². The lowest BCUT2D eigenvalue weighted by Crippen LogP contribution is -2.47. The molecule has 0 aliphatic carbocycles. The van der Waals surface area contributed by atoms with Gasteiger partial charge in [0.15, 0.2) is 23.3 Å². The van der Waals surface area contributed by atoms with Crippen molar-refractivity contribution >= 4 is 24.8 Å². The molecule has 0 aliphatic heterocycles. The van der Waals surface area contributed by atoms with Crippen LogP contribution in [0.5, 0.6) is 0 Å².